The number of halogens is 1. The normalized spacial score (nSPS) is 19.8. The topological polar surface area (TPSA) is 115 Å². The van der Waals surface area contributed by atoms with Crippen LogP contribution in [0.4, 0.5) is 20.7 Å². The van der Waals surface area contributed by atoms with E-state index in [0.29, 0.717) is 17.2 Å². The Kier molecular flexibility index (Phi) is 6.05. The van der Waals surface area contributed by atoms with Crippen LogP contribution >= 0.6 is 0 Å². The first kappa shape index (κ1) is 21.5. The summed E-state index contributed by atoms with van der Waals surface area (Å²) in [4.78, 5) is 23.5. The van der Waals surface area contributed by atoms with Gasteiger partial charge >= 0.3 is 6.09 Å². The molecule has 11 heteroatoms. The zero-order valence-corrected chi connectivity index (χ0v) is 18.0. The Morgan fingerprint density at radius 2 is 1.97 bits per heavy atom. The highest BCUT2D eigenvalue weighted by atomic mass is 19.1. The largest absolute Gasteiger partial charge is 0.447 e. The van der Waals surface area contributed by atoms with Gasteiger partial charge < -0.3 is 19.5 Å². The minimum absolute atomic E-state index is 0.0731. The fourth-order valence-electron chi connectivity index (χ4n) is 4.34. The number of ether oxygens (including phenoxy) is 2. The van der Waals surface area contributed by atoms with Crippen molar-refractivity contribution in [2.45, 2.75) is 31.6 Å². The summed E-state index contributed by atoms with van der Waals surface area (Å²) in [5, 5.41) is 16.5. The number of nitrogens with one attached hydrogen (secondary N) is 1. The van der Waals surface area contributed by atoms with E-state index >= 15 is 0 Å². The Balaban J connectivity index is 1.47. The van der Waals surface area contributed by atoms with Crippen molar-refractivity contribution in [1.29, 1.82) is 0 Å². The van der Waals surface area contributed by atoms with Gasteiger partial charge in [0.25, 0.3) is 0 Å². The average molecular weight is 456 g/mol. The van der Waals surface area contributed by atoms with Crippen LogP contribution in [0.3, 0.4) is 0 Å². The highest BCUT2D eigenvalue weighted by molar-refractivity contribution is 5.89. The van der Waals surface area contributed by atoms with Crippen LogP contribution in [-0.2, 0) is 16.0 Å². The van der Waals surface area contributed by atoms with E-state index in [1.165, 1.54) is 0 Å². The summed E-state index contributed by atoms with van der Waals surface area (Å²) in [6.07, 6.45) is 3.51. The predicted molar refractivity (Wildman–Crippen MR) is 119 cm³/mol. The van der Waals surface area contributed by atoms with E-state index < -0.39 is 12.8 Å². The number of morpholine rings is 1. The van der Waals surface area contributed by atoms with Gasteiger partial charge in [0.05, 0.1) is 36.9 Å². The van der Waals surface area contributed by atoms with Gasteiger partial charge in [-0.05, 0) is 37.1 Å². The van der Waals surface area contributed by atoms with E-state index in [9.17, 15) is 9.18 Å². The Hall–Kier alpha value is -3.31. The number of aromatic nitrogens is 4. The maximum absolute atomic E-state index is 13.1. The number of rotatable bonds is 7. The number of carbonyl (C=O) groups excluding carboxylic acids is 1. The number of alkyl halides is 1. The maximum atomic E-state index is 13.1. The highest BCUT2D eigenvalue weighted by Crippen LogP contribution is 2.33. The molecule has 0 aliphatic carbocycles. The van der Waals surface area contributed by atoms with Crippen LogP contribution in [-0.4, -0.2) is 76.1 Å². The van der Waals surface area contributed by atoms with E-state index in [1.54, 1.807) is 35.1 Å². The van der Waals surface area contributed by atoms with Crippen LogP contribution in [0.1, 0.15) is 12.8 Å². The monoisotopic (exact) mass is 456 g/mol. The number of aryl methyl sites for hydroxylation is 1. The molecule has 2 saturated heterocycles. The van der Waals surface area contributed by atoms with Gasteiger partial charge in [-0.2, -0.15) is 5.10 Å². The Morgan fingerprint density at radius 1 is 1.21 bits per heavy atom. The van der Waals surface area contributed by atoms with Crippen molar-refractivity contribution in [2.75, 3.05) is 43.2 Å². The number of fused-ring (bicyclic) bond motifs is 3. The lowest BCUT2D eigenvalue weighted by Crippen LogP contribution is -2.43. The summed E-state index contributed by atoms with van der Waals surface area (Å²) < 4.78 is 25.5. The van der Waals surface area contributed by atoms with Crippen molar-refractivity contribution in [3.63, 3.8) is 0 Å². The summed E-state index contributed by atoms with van der Waals surface area (Å²) in [6.45, 7) is 0.755. The smallest absolute Gasteiger partial charge is 0.411 e. The molecule has 2 unspecified atom stereocenters. The molecule has 2 aliphatic rings. The zero-order valence-electron chi connectivity index (χ0n) is 18.0. The molecule has 1 amide bonds. The standard InChI is InChI=1S/C22H25FN6O4/c23-7-8-29-21-18(11-24-29)20(28-12-16-5-6-17(13-28)33-16)26-19(27-21)14-1-3-15(4-2-14)25-22(31)32-10-9-30/h1-4,11,16-17,30H,5-10,12-13H2,(H,25,31). The Bertz CT molecular complexity index is 1130. The number of benzene rings is 1. The van der Waals surface area contributed by atoms with Crippen LogP contribution in [0.15, 0.2) is 30.5 Å². The summed E-state index contributed by atoms with van der Waals surface area (Å²) in [7, 11) is 0. The fraction of sp³-hybridized carbons (Fsp3) is 0.455. The van der Waals surface area contributed by atoms with Gasteiger partial charge in [0.15, 0.2) is 11.5 Å². The molecular formula is C22H25FN6O4. The number of carbonyl (C=O) groups is 1. The molecule has 10 nitrogen and oxygen atoms in total. The molecule has 33 heavy (non-hydrogen) atoms. The van der Waals surface area contributed by atoms with E-state index in [1.807, 2.05) is 0 Å². The Morgan fingerprint density at radius 3 is 2.67 bits per heavy atom. The molecule has 2 fully saturated rings. The van der Waals surface area contributed by atoms with Crippen molar-refractivity contribution in [3.05, 3.63) is 30.5 Å². The van der Waals surface area contributed by atoms with Crippen molar-refractivity contribution in [1.82, 2.24) is 19.7 Å². The second-order valence-electron chi connectivity index (χ2n) is 8.09. The van der Waals surface area contributed by atoms with Crippen LogP contribution < -0.4 is 10.2 Å². The number of hydrogen-bond donors (Lipinski definition) is 2. The second-order valence-corrected chi connectivity index (χ2v) is 8.09. The van der Waals surface area contributed by atoms with E-state index in [-0.39, 0.29) is 32.0 Å². The molecule has 5 rings (SSSR count). The van der Waals surface area contributed by atoms with Gasteiger partial charge in [-0.15, -0.1) is 0 Å². The quantitative estimate of drug-likeness (QED) is 0.557. The number of anilines is 2. The third kappa shape index (κ3) is 4.46. The summed E-state index contributed by atoms with van der Waals surface area (Å²) >= 11 is 0. The summed E-state index contributed by atoms with van der Waals surface area (Å²) in [5.74, 6) is 1.27. The average Bonchev–Trinajstić information content (AvgIpc) is 3.39. The molecule has 3 aromatic rings. The molecule has 0 radical (unpaired) electrons. The minimum atomic E-state index is -0.645. The van der Waals surface area contributed by atoms with Crippen LogP contribution in [0.5, 0.6) is 0 Å². The van der Waals surface area contributed by atoms with Gasteiger partial charge in [0.1, 0.15) is 19.1 Å². The number of amides is 1. The molecule has 2 aromatic heterocycles. The van der Waals surface area contributed by atoms with E-state index in [4.69, 9.17) is 19.6 Å². The van der Waals surface area contributed by atoms with Gasteiger partial charge in [0.2, 0.25) is 0 Å². The van der Waals surface area contributed by atoms with Gasteiger partial charge in [0, 0.05) is 24.3 Å². The van der Waals surface area contributed by atoms with Crippen LogP contribution in [0.2, 0.25) is 0 Å². The summed E-state index contributed by atoms with van der Waals surface area (Å²) in [6, 6.07) is 7.03. The molecule has 2 N–H and O–H groups in total. The zero-order chi connectivity index (χ0) is 22.8. The van der Waals surface area contributed by atoms with E-state index in [2.05, 4.69) is 20.3 Å². The van der Waals surface area contributed by atoms with Crippen molar-refractivity contribution in [2.24, 2.45) is 0 Å². The lowest BCUT2D eigenvalue weighted by atomic mass is 10.2. The molecule has 1 aromatic carbocycles. The predicted octanol–water partition coefficient (Wildman–Crippen LogP) is 2.37. The lowest BCUT2D eigenvalue weighted by Gasteiger charge is -2.33. The number of aliphatic hydroxyl groups is 1. The molecular weight excluding hydrogens is 431 g/mol. The summed E-state index contributed by atoms with van der Waals surface area (Å²) in [5.41, 5.74) is 1.87. The number of nitrogens with zero attached hydrogens (tertiary/aromatic N) is 5. The minimum Gasteiger partial charge on any atom is -0.447 e. The first-order valence-electron chi connectivity index (χ1n) is 11.0. The van der Waals surface area contributed by atoms with Crippen molar-refractivity contribution in [3.8, 4) is 11.4 Å². The lowest BCUT2D eigenvalue weighted by molar-refractivity contribution is 0.0303. The first-order valence-corrected chi connectivity index (χ1v) is 11.0. The van der Waals surface area contributed by atoms with Crippen molar-refractivity contribution < 1.29 is 23.8 Å². The molecule has 0 spiro atoms. The molecule has 2 atom stereocenters. The fourth-order valence-corrected chi connectivity index (χ4v) is 4.34. The Labute approximate surface area is 189 Å². The SMILES string of the molecule is O=C(Nc1ccc(-c2nc(N3CC4CCC(C3)O4)c3cnn(CCF)c3n2)cc1)OCCO. The van der Waals surface area contributed by atoms with Crippen LogP contribution in [0, 0.1) is 0 Å². The third-order valence-electron chi connectivity index (χ3n) is 5.83. The molecule has 174 valence electrons. The van der Waals surface area contributed by atoms with Crippen molar-refractivity contribution >= 4 is 28.6 Å². The third-order valence-corrected chi connectivity index (χ3v) is 5.83. The first-order chi connectivity index (χ1) is 16.1. The van der Waals surface area contributed by atoms with Gasteiger partial charge in [-0.3, -0.25) is 5.32 Å². The number of aliphatic hydroxyl groups excluding tert-OH is 1. The highest BCUT2D eigenvalue weighted by Gasteiger charge is 2.35. The molecule has 4 heterocycles. The molecule has 2 bridgehead atoms. The maximum Gasteiger partial charge on any atom is 0.411 e. The molecule has 2 aliphatic heterocycles. The van der Waals surface area contributed by atoms with Crippen LogP contribution in [0.25, 0.3) is 22.4 Å². The molecule has 0 saturated carbocycles. The number of hydrogen-bond acceptors (Lipinski definition) is 8. The van der Waals surface area contributed by atoms with Gasteiger partial charge in [-0.25, -0.2) is 23.8 Å². The van der Waals surface area contributed by atoms with Gasteiger partial charge in [-0.1, -0.05) is 0 Å². The van der Waals surface area contributed by atoms with E-state index in [0.717, 1.165) is 42.7 Å². The second kappa shape index (κ2) is 9.28.